The summed E-state index contributed by atoms with van der Waals surface area (Å²) < 4.78 is 8.95. The van der Waals surface area contributed by atoms with E-state index in [-0.39, 0.29) is 18.1 Å². The van der Waals surface area contributed by atoms with Gasteiger partial charge in [0.1, 0.15) is 5.69 Å². The number of hydrogen-bond donors (Lipinski definition) is 1. The normalized spacial score (nSPS) is 18.3. The molecule has 0 bridgehead atoms. The molecule has 4 rings (SSSR count). The van der Waals surface area contributed by atoms with Crippen LogP contribution in [-0.2, 0) is 4.74 Å². The van der Waals surface area contributed by atoms with Crippen LogP contribution in [0.4, 0.5) is 0 Å². The Balaban J connectivity index is 1.67. The number of rotatable bonds is 5. The van der Waals surface area contributed by atoms with E-state index in [0.29, 0.717) is 6.54 Å². The molecular weight excluding hydrogens is 344 g/mol. The fourth-order valence-electron chi connectivity index (χ4n) is 3.71. The van der Waals surface area contributed by atoms with Crippen molar-refractivity contribution < 1.29 is 9.53 Å². The molecule has 2 aromatic heterocycles. The zero-order valence-corrected chi connectivity index (χ0v) is 16.0. The summed E-state index contributed by atoms with van der Waals surface area (Å²) in [5.41, 5.74) is 3.05. The number of aryl methyl sites for hydroxylation is 1. The van der Waals surface area contributed by atoms with E-state index in [2.05, 4.69) is 41.9 Å². The quantitative estimate of drug-likeness (QED) is 0.719. The van der Waals surface area contributed by atoms with Gasteiger partial charge in [-0.2, -0.15) is 0 Å². The first-order valence-electron chi connectivity index (χ1n) is 9.19. The van der Waals surface area contributed by atoms with E-state index in [1.54, 1.807) is 11.3 Å². The Bertz CT molecular complexity index is 907. The van der Waals surface area contributed by atoms with Gasteiger partial charge in [-0.15, -0.1) is 11.3 Å². The van der Waals surface area contributed by atoms with Crippen LogP contribution >= 0.6 is 11.3 Å². The van der Waals surface area contributed by atoms with Gasteiger partial charge >= 0.3 is 0 Å². The van der Waals surface area contributed by atoms with E-state index in [0.717, 1.165) is 35.4 Å². The summed E-state index contributed by atoms with van der Waals surface area (Å²) in [6.07, 6.45) is 2.25. The van der Waals surface area contributed by atoms with Gasteiger partial charge in [-0.25, -0.2) is 0 Å². The number of fused-ring (bicyclic) bond motifs is 1. The van der Waals surface area contributed by atoms with Crippen molar-refractivity contribution >= 4 is 27.5 Å². The second-order valence-corrected chi connectivity index (χ2v) is 8.23. The van der Waals surface area contributed by atoms with Crippen molar-refractivity contribution in [1.29, 1.82) is 0 Å². The number of carbonyl (C=O) groups excluding carboxylic acids is 1. The first-order valence-corrected chi connectivity index (χ1v) is 10.0. The fraction of sp³-hybridized carbons (Fsp3) is 0.381. The van der Waals surface area contributed by atoms with E-state index in [4.69, 9.17) is 4.74 Å². The molecule has 2 atom stereocenters. The summed E-state index contributed by atoms with van der Waals surface area (Å²) >= 11 is 1.74. The predicted molar refractivity (Wildman–Crippen MR) is 106 cm³/mol. The Kier molecular flexibility index (Phi) is 4.83. The summed E-state index contributed by atoms with van der Waals surface area (Å²) in [5, 5.41) is 3.07. The molecule has 0 radical (unpaired) electrons. The summed E-state index contributed by atoms with van der Waals surface area (Å²) in [7, 11) is 0. The van der Waals surface area contributed by atoms with E-state index in [1.807, 2.05) is 24.3 Å². The molecule has 5 heteroatoms. The molecule has 26 heavy (non-hydrogen) atoms. The van der Waals surface area contributed by atoms with Gasteiger partial charge in [0.05, 0.1) is 22.4 Å². The van der Waals surface area contributed by atoms with Crippen LogP contribution in [0.2, 0.25) is 0 Å². The molecule has 1 aromatic carbocycles. The molecule has 0 spiro atoms. The highest BCUT2D eigenvalue weighted by Gasteiger charge is 2.23. The number of nitrogens with zero attached hydrogens (tertiary/aromatic N) is 1. The van der Waals surface area contributed by atoms with Gasteiger partial charge in [0.15, 0.2) is 0 Å². The minimum Gasteiger partial charge on any atom is -0.376 e. The zero-order valence-electron chi connectivity index (χ0n) is 15.2. The van der Waals surface area contributed by atoms with Gasteiger partial charge < -0.3 is 14.6 Å². The Hall–Kier alpha value is -2.11. The minimum absolute atomic E-state index is 0.0238. The molecule has 1 aliphatic heterocycles. The molecular formula is C21H24N2O2S. The van der Waals surface area contributed by atoms with Crippen molar-refractivity contribution in [3.05, 3.63) is 58.6 Å². The molecule has 1 aliphatic rings. The minimum atomic E-state index is -0.0238. The van der Waals surface area contributed by atoms with Crippen LogP contribution in [0.25, 0.3) is 10.2 Å². The van der Waals surface area contributed by atoms with Crippen molar-refractivity contribution in [3.63, 3.8) is 0 Å². The van der Waals surface area contributed by atoms with Gasteiger partial charge in [-0.1, -0.05) is 30.3 Å². The number of carbonyl (C=O) groups is 1. The molecule has 1 amide bonds. The average Bonchev–Trinajstić information content (AvgIpc) is 3.35. The monoisotopic (exact) mass is 368 g/mol. The van der Waals surface area contributed by atoms with Crippen LogP contribution in [0.1, 0.15) is 46.7 Å². The van der Waals surface area contributed by atoms with E-state index in [1.165, 1.54) is 10.4 Å². The third-order valence-electron chi connectivity index (χ3n) is 5.07. The highest BCUT2D eigenvalue weighted by molar-refractivity contribution is 7.19. The Morgan fingerprint density at radius 1 is 1.35 bits per heavy atom. The molecule has 4 nitrogen and oxygen atoms in total. The Morgan fingerprint density at radius 2 is 2.15 bits per heavy atom. The van der Waals surface area contributed by atoms with Crippen LogP contribution in [0.5, 0.6) is 0 Å². The molecule has 3 heterocycles. The summed E-state index contributed by atoms with van der Waals surface area (Å²) in [4.78, 5) is 14.2. The molecule has 136 valence electrons. The number of benzene rings is 1. The number of ether oxygens (including phenoxy) is 1. The van der Waals surface area contributed by atoms with Crippen LogP contribution in [0.15, 0.2) is 42.5 Å². The van der Waals surface area contributed by atoms with E-state index >= 15 is 0 Å². The van der Waals surface area contributed by atoms with Crippen molar-refractivity contribution in [2.45, 2.75) is 38.8 Å². The van der Waals surface area contributed by atoms with Gasteiger partial charge in [0, 0.05) is 18.0 Å². The first kappa shape index (κ1) is 17.3. The molecule has 1 fully saturated rings. The highest BCUT2D eigenvalue weighted by Crippen LogP contribution is 2.33. The molecule has 0 saturated carbocycles. The van der Waals surface area contributed by atoms with Crippen molar-refractivity contribution in [2.24, 2.45) is 0 Å². The molecule has 1 saturated heterocycles. The third-order valence-corrected chi connectivity index (χ3v) is 6.05. The fourth-order valence-corrected chi connectivity index (χ4v) is 4.66. The maximum Gasteiger partial charge on any atom is 0.268 e. The molecule has 0 unspecified atom stereocenters. The van der Waals surface area contributed by atoms with Gasteiger partial charge in [-0.05, 0) is 44.4 Å². The summed E-state index contributed by atoms with van der Waals surface area (Å²) in [5.74, 6) is -0.0238. The zero-order chi connectivity index (χ0) is 18.1. The number of amides is 1. The van der Waals surface area contributed by atoms with Gasteiger partial charge in [0.25, 0.3) is 5.91 Å². The third kappa shape index (κ3) is 3.29. The van der Waals surface area contributed by atoms with Crippen molar-refractivity contribution in [2.75, 3.05) is 13.2 Å². The van der Waals surface area contributed by atoms with E-state index < -0.39 is 0 Å². The number of thiophene rings is 1. The van der Waals surface area contributed by atoms with Crippen LogP contribution in [0.3, 0.4) is 0 Å². The lowest BCUT2D eigenvalue weighted by atomic mass is 10.1. The lowest BCUT2D eigenvalue weighted by Gasteiger charge is -2.19. The first-order chi connectivity index (χ1) is 12.6. The summed E-state index contributed by atoms with van der Waals surface area (Å²) in [6, 6.07) is 14.6. The molecule has 1 N–H and O–H groups in total. The average molecular weight is 369 g/mol. The van der Waals surface area contributed by atoms with Crippen molar-refractivity contribution in [1.82, 2.24) is 9.88 Å². The van der Waals surface area contributed by atoms with Crippen LogP contribution in [-0.4, -0.2) is 29.7 Å². The highest BCUT2D eigenvalue weighted by atomic mass is 32.1. The lowest BCUT2D eigenvalue weighted by molar-refractivity contribution is 0.0850. The summed E-state index contributed by atoms with van der Waals surface area (Å²) in [6.45, 7) is 5.64. The second kappa shape index (κ2) is 7.25. The standard InChI is InChI=1S/C21H24N2O2S/c1-14-11-18-20(26-14)12-19(21(24)22-13-17-9-6-10-25-17)23(18)15(2)16-7-4-3-5-8-16/h3-5,7-8,11-12,15,17H,6,9-10,13H2,1-2H3,(H,22,24)/t15-,17+/m1/s1. The van der Waals surface area contributed by atoms with Crippen molar-refractivity contribution in [3.8, 4) is 0 Å². The molecule has 3 aromatic rings. The number of hydrogen-bond acceptors (Lipinski definition) is 3. The maximum absolute atomic E-state index is 12.9. The largest absolute Gasteiger partial charge is 0.376 e. The molecule has 0 aliphatic carbocycles. The van der Waals surface area contributed by atoms with Crippen LogP contribution in [0, 0.1) is 6.92 Å². The number of aromatic nitrogens is 1. The SMILES string of the molecule is Cc1cc2c(cc(C(=O)NC[C@@H]3CCCO3)n2[C@H](C)c2ccccc2)s1. The van der Waals surface area contributed by atoms with Gasteiger partial charge in [0.2, 0.25) is 0 Å². The number of nitrogens with one attached hydrogen (secondary N) is 1. The van der Waals surface area contributed by atoms with Crippen LogP contribution < -0.4 is 5.32 Å². The second-order valence-electron chi connectivity index (χ2n) is 6.94. The van der Waals surface area contributed by atoms with E-state index in [9.17, 15) is 4.79 Å². The Labute approximate surface area is 157 Å². The smallest absolute Gasteiger partial charge is 0.268 e. The topological polar surface area (TPSA) is 43.3 Å². The maximum atomic E-state index is 12.9. The predicted octanol–water partition coefficient (Wildman–Crippen LogP) is 4.53. The lowest BCUT2D eigenvalue weighted by Crippen LogP contribution is -2.33. The Morgan fingerprint density at radius 3 is 2.88 bits per heavy atom. The van der Waals surface area contributed by atoms with Gasteiger partial charge in [-0.3, -0.25) is 4.79 Å².